The lowest BCUT2D eigenvalue weighted by molar-refractivity contribution is 0.0680. The highest BCUT2D eigenvalue weighted by Gasteiger charge is 2.34. The van der Waals surface area contributed by atoms with Gasteiger partial charge in [0, 0.05) is 22.7 Å². The summed E-state index contributed by atoms with van der Waals surface area (Å²) in [5.41, 5.74) is 0.764. The maximum atomic E-state index is 13.6. The molecule has 0 radical (unpaired) electrons. The second-order valence-electron chi connectivity index (χ2n) is 6.41. The fourth-order valence-corrected chi connectivity index (χ4v) is 3.04. The van der Waals surface area contributed by atoms with Crippen molar-refractivity contribution in [2.75, 3.05) is 5.32 Å². The molecular weight excluding hydrogens is 331 g/mol. The third-order valence-corrected chi connectivity index (χ3v) is 4.05. The fourth-order valence-electron chi connectivity index (χ4n) is 2.85. The number of hydrogen-bond donors (Lipinski definition) is 2. The molecular formula is C18H18ClFN2O2. The number of benzene rings is 2. The molecule has 2 aromatic carbocycles. The first-order valence-corrected chi connectivity index (χ1v) is 8.02. The Labute approximate surface area is 145 Å². The number of urea groups is 1. The number of fused-ring (bicyclic) bond motifs is 1. The average Bonchev–Trinajstić information content (AvgIpc) is 2.47. The predicted octanol–water partition coefficient (Wildman–Crippen LogP) is 4.90. The monoisotopic (exact) mass is 348 g/mol. The van der Waals surface area contributed by atoms with Crippen molar-refractivity contribution >= 4 is 23.3 Å². The lowest BCUT2D eigenvalue weighted by Crippen LogP contribution is -2.42. The molecule has 0 saturated heterocycles. The van der Waals surface area contributed by atoms with Crippen LogP contribution in [0.2, 0.25) is 5.02 Å². The number of rotatable bonds is 2. The minimum atomic E-state index is -0.459. The number of amides is 2. The molecule has 4 nitrogen and oxygen atoms in total. The normalized spacial score (nSPS) is 18.2. The summed E-state index contributed by atoms with van der Waals surface area (Å²) in [6.45, 7) is 3.87. The summed E-state index contributed by atoms with van der Waals surface area (Å²) in [5.74, 6) is 0.222. The van der Waals surface area contributed by atoms with Crippen LogP contribution in [-0.4, -0.2) is 11.6 Å². The van der Waals surface area contributed by atoms with Gasteiger partial charge < -0.3 is 15.4 Å². The maximum absolute atomic E-state index is 13.6. The van der Waals surface area contributed by atoms with E-state index in [-0.39, 0.29) is 17.9 Å². The van der Waals surface area contributed by atoms with Crippen LogP contribution in [0, 0.1) is 5.82 Å². The molecule has 24 heavy (non-hydrogen) atoms. The maximum Gasteiger partial charge on any atom is 0.319 e. The van der Waals surface area contributed by atoms with Gasteiger partial charge in [0.2, 0.25) is 0 Å². The summed E-state index contributed by atoms with van der Waals surface area (Å²) in [4.78, 5) is 12.3. The molecule has 2 N–H and O–H groups in total. The van der Waals surface area contributed by atoms with Gasteiger partial charge in [0.1, 0.15) is 17.2 Å². The quantitative estimate of drug-likeness (QED) is 0.810. The zero-order valence-electron chi connectivity index (χ0n) is 13.4. The summed E-state index contributed by atoms with van der Waals surface area (Å²) in [6.07, 6.45) is 0.534. The number of ether oxygens (including phenoxy) is 1. The van der Waals surface area contributed by atoms with Gasteiger partial charge in [-0.2, -0.15) is 0 Å². The van der Waals surface area contributed by atoms with Crippen LogP contribution in [0.25, 0.3) is 0 Å². The first-order chi connectivity index (χ1) is 11.3. The van der Waals surface area contributed by atoms with Crippen LogP contribution >= 0.6 is 11.6 Å². The first-order valence-electron chi connectivity index (χ1n) is 7.64. The van der Waals surface area contributed by atoms with Crippen molar-refractivity contribution in [3.8, 4) is 5.75 Å². The van der Waals surface area contributed by atoms with Crippen LogP contribution in [0.15, 0.2) is 42.5 Å². The molecule has 0 spiro atoms. The molecule has 1 heterocycles. The third-order valence-electron chi connectivity index (χ3n) is 3.82. The van der Waals surface area contributed by atoms with E-state index >= 15 is 0 Å². The highest BCUT2D eigenvalue weighted by Crippen LogP contribution is 2.39. The minimum Gasteiger partial charge on any atom is -0.487 e. The molecule has 0 saturated carbocycles. The number of hydrogen-bond acceptors (Lipinski definition) is 2. The van der Waals surface area contributed by atoms with Crippen molar-refractivity contribution in [3.05, 3.63) is 58.9 Å². The van der Waals surface area contributed by atoms with Crippen molar-refractivity contribution in [2.24, 2.45) is 0 Å². The summed E-state index contributed by atoms with van der Waals surface area (Å²) in [5, 5.41) is 6.15. The van der Waals surface area contributed by atoms with Crippen LogP contribution in [0.5, 0.6) is 5.75 Å². The van der Waals surface area contributed by atoms with E-state index in [1.807, 2.05) is 13.8 Å². The van der Waals surface area contributed by atoms with E-state index in [1.165, 1.54) is 12.1 Å². The number of anilines is 1. The summed E-state index contributed by atoms with van der Waals surface area (Å²) >= 11 is 5.91. The highest BCUT2D eigenvalue weighted by molar-refractivity contribution is 6.30. The number of halogens is 2. The molecule has 1 unspecified atom stereocenters. The molecule has 1 aliphatic heterocycles. The number of carbonyl (C=O) groups is 1. The van der Waals surface area contributed by atoms with Gasteiger partial charge >= 0.3 is 6.03 Å². The molecule has 0 fully saturated rings. The Bertz CT molecular complexity index is 779. The Balaban J connectivity index is 1.79. The largest absolute Gasteiger partial charge is 0.487 e. The standard InChI is InChI=1S/C18H18ClFN2O2/c1-18(2)10-15(14-9-12(20)6-7-16(14)24-18)22-17(23)21-13-5-3-4-11(19)8-13/h3-9,15H,10H2,1-2H3,(H2,21,22,23). The minimum absolute atomic E-state index is 0.348. The van der Waals surface area contributed by atoms with E-state index in [2.05, 4.69) is 10.6 Å². The number of carbonyl (C=O) groups excluding carboxylic acids is 1. The van der Waals surface area contributed by atoms with Crippen LogP contribution in [0.1, 0.15) is 31.9 Å². The Kier molecular flexibility index (Phi) is 4.37. The van der Waals surface area contributed by atoms with Gasteiger partial charge in [-0.15, -0.1) is 0 Å². The zero-order chi connectivity index (χ0) is 17.3. The third kappa shape index (κ3) is 3.79. The van der Waals surface area contributed by atoms with Gasteiger partial charge in [-0.05, 0) is 50.2 Å². The van der Waals surface area contributed by atoms with E-state index in [1.54, 1.807) is 30.3 Å². The zero-order valence-corrected chi connectivity index (χ0v) is 14.2. The lowest BCUT2D eigenvalue weighted by atomic mass is 9.89. The van der Waals surface area contributed by atoms with Gasteiger partial charge in [0.15, 0.2) is 0 Å². The molecule has 2 amide bonds. The molecule has 0 aliphatic carbocycles. The van der Waals surface area contributed by atoms with Gasteiger partial charge in [-0.25, -0.2) is 9.18 Å². The molecule has 3 rings (SSSR count). The number of nitrogens with one attached hydrogen (secondary N) is 2. The predicted molar refractivity (Wildman–Crippen MR) is 92.1 cm³/mol. The van der Waals surface area contributed by atoms with Crippen molar-refractivity contribution in [1.29, 1.82) is 0 Å². The molecule has 6 heteroatoms. The van der Waals surface area contributed by atoms with Crippen LogP contribution < -0.4 is 15.4 Å². The molecule has 0 aromatic heterocycles. The highest BCUT2D eigenvalue weighted by atomic mass is 35.5. The van der Waals surface area contributed by atoms with E-state index in [0.717, 1.165) is 0 Å². The lowest BCUT2D eigenvalue weighted by Gasteiger charge is -2.37. The summed E-state index contributed by atoms with van der Waals surface area (Å²) in [6, 6.07) is 10.5. The van der Waals surface area contributed by atoms with Gasteiger partial charge in [-0.3, -0.25) is 0 Å². The second kappa shape index (κ2) is 6.32. The van der Waals surface area contributed by atoms with Crippen molar-refractivity contribution in [3.63, 3.8) is 0 Å². The topological polar surface area (TPSA) is 50.4 Å². The van der Waals surface area contributed by atoms with E-state index in [9.17, 15) is 9.18 Å². The van der Waals surface area contributed by atoms with Crippen molar-refractivity contribution in [1.82, 2.24) is 5.32 Å². The molecule has 2 aromatic rings. The molecule has 126 valence electrons. The molecule has 1 aliphatic rings. The van der Waals surface area contributed by atoms with Crippen LogP contribution in [0.4, 0.5) is 14.9 Å². The molecule has 1 atom stereocenters. The van der Waals surface area contributed by atoms with E-state index < -0.39 is 5.60 Å². The van der Waals surface area contributed by atoms with E-state index in [4.69, 9.17) is 16.3 Å². The first kappa shape index (κ1) is 16.6. The van der Waals surface area contributed by atoms with Gasteiger partial charge in [-0.1, -0.05) is 17.7 Å². The Morgan fingerprint density at radius 3 is 2.83 bits per heavy atom. The summed E-state index contributed by atoms with van der Waals surface area (Å²) in [7, 11) is 0. The Morgan fingerprint density at radius 1 is 1.29 bits per heavy atom. The van der Waals surface area contributed by atoms with Gasteiger partial charge in [0.25, 0.3) is 0 Å². The Hall–Kier alpha value is -2.27. The van der Waals surface area contributed by atoms with Crippen LogP contribution in [0.3, 0.4) is 0 Å². The Morgan fingerprint density at radius 2 is 2.08 bits per heavy atom. The molecule has 0 bridgehead atoms. The van der Waals surface area contributed by atoms with Crippen molar-refractivity contribution < 1.29 is 13.9 Å². The van der Waals surface area contributed by atoms with Gasteiger partial charge in [0.05, 0.1) is 6.04 Å². The fraction of sp³-hybridized carbons (Fsp3) is 0.278. The SMILES string of the molecule is CC1(C)CC(NC(=O)Nc2cccc(Cl)c2)c2cc(F)ccc2O1. The van der Waals surface area contributed by atoms with Crippen LogP contribution in [-0.2, 0) is 0 Å². The second-order valence-corrected chi connectivity index (χ2v) is 6.85. The summed E-state index contributed by atoms with van der Waals surface area (Å²) < 4.78 is 19.5. The smallest absolute Gasteiger partial charge is 0.319 e. The average molecular weight is 349 g/mol. The van der Waals surface area contributed by atoms with Crippen molar-refractivity contribution in [2.45, 2.75) is 31.9 Å². The van der Waals surface area contributed by atoms with E-state index in [0.29, 0.717) is 28.4 Å².